The summed E-state index contributed by atoms with van der Waals surface area (Å²) in [6.07, 6.45) is 84.4. The molecule has 1 amide bonds. The summed E-state index contributed by atoms with van der Waals surface area (Å²) < 4.78 is 0. The Morgan fingerprint density at radius 2 is 0.703 bits per heavy atom. The minimum Gasteiger partial charge on any atom is -0.394 e. The maximum atomic E-state index is 12.4. The third kappa shape index (κ3) is 49.5. The zero-order valence-electron chi connectivity index (χ0n) is 41.5. The number of carbonyl (C=O) groups is 1. The molecule has 0 aromatic carbocycles. The van der Waals surface area contributed by atoms with Gasteiger partial charge in [-0.3, -0.25) is 4.79 Å². The van der Waals surface area contributed by atoms with Crippen LogP contribution in [0.1, 0.15) is 219 Å². The number of aliphatic hydroxyl groups excluding tert-OH is 2. The molecule has 0 spiro atoms. The third-order valence-electron chi connectivity index (χ3n) is 11.1. The second-order valence-corrected chi connectivity index (χ2v) is 17.2. The normalized spacial score (nSPS) is 14.0. The van der Waals surface area contributed by atoms with Gasteiger partial charge in [-0.15, -0.1) is 0 Å². The van der Waals surface area contributed by atoms with Gasteiger partial charge in [-0.1, -0.05) is 244 Å². The SMILES string of the molecule is CC/C=C\C/C=C\C/C=C\C/C=C\C/C=C\C/C=C\C/C=C\C/C=C\C/C=C\CCCCCCCCCC(=O)NC(CO)C(O)/C=C/CC/C=C/CCCCCCCCCCCCC. The van der Waals surface area contributed by atoms with Gasteiger partial charge in [-0.25, -0.2) is 0 Å². The third-order valence-corrected chi connectivity index (χ3v) is 11.1. The highest BCUT2D eigenvalue weighted by Crippen LogP contribution is 2.13. The smallest absolute Gasteiger partial charge is 0.220 e. The molecule has 0 aliphatic heterocycles. The Hall–Kier alpha value is -3.47. The highest BCUT2D eigenvalue weighted by molar-refractivity contribution is 5.76. The van der Waals surface area contributed by atoms with Crippen LogP contribution in [0.5, 0.6) is 0 Å². The Kier molecular flexibility index (Phi) is 50.9. The molecule has 0 aliphatic rings. The average molecular weight is 882 g/mol. The van der Waals surface area contributed by atoms with Gasteiger partial charge >= 0.3 is 0 Å². The highest BCUT2D eigenvalue weighted by atomic mass is 16.3. The van der Waals surface area contributed by atoms with Crippen LogP contribution in [-0.4, -0.2) is 34.9 Å². The zero-order valence-corrected chi connectivity index (χ0v) is 41.5. The number of carbonyl (C=O) groups excluding carboxylic acids is 1. The standard InChI is InChI=1S/C60H99NO3/c1-3-5-7-9-11-13-15-17-19-21-22-23-24-25-26-27-28-29-30-31-32-33-34-35-36-37-38-40-42-44-46-48-50-52-54-56-60(64)61-58(57-62)59(63)55-53-51-49-47-45-43-41-39-20-18-16-14-12-10-8-6-4-2/h5,7,11,13,17,19,22-23,25-26,28-29,31-32,34-35,37-38,45,47,53,55,58-59,62-63H,3-4,6,8-10,12,14-16,18,20-21,24,27,30,33,36,39-44,46,48-52,54,56-57H2,1-2H3,(H,61,64)/b7-5-,13-11-,19-17-,23-22-,26-25-,29-28-,32-31-,35-34-,38-37-,47-45+,55-53+. The molecule has 4 nitrogen and oxygen atoms in total. The Labute approximate surface area is 396 Å². The first-order chi connectivity index (χ1) is 31.7. The molecule has 0 saturated carbocycles. The summed E-state index contributed by atoms with van der Waals surface area (Å²) in [5, 5.41) is 23.1. The van der Waals surface area contributed by atoms with Crippen LogP contribution in [-0.2, 0) is 4.79 Å². The first-order valence-electron chi connectivity index (χ1n) is 26.4. The number of hydrogen-bond acceptors (Lipinski definition) is 3. The van der Waals surface area contributed by atoms with Crippen LogP contribution in [0.3, 0.4) is 0 Å². The molecule has 0 saturated heterocycles. The lowest BCUT2D eigenvalue weighted by Gasteiger charge is -2.19. The molecule has 0 aliphatic carbocycles. The molecule has 64 heavy (non-hydrogen) atoms. The summed E-state index contributed by atoms with van der Waals surface area (Å²) in [6, 6.07) is -0.655. The van der Waals surface area contributed by atoms with E-state index in [1.54, 1.807) is 6.08 Å². The summed E-state index contributed by atoms with van der Waals surface area (Å²) in [4.78, 5) is 12.4. The lowest BCUT2D eigenvalue weighted by atomic mass is 10.1. The van der Waals surface area contributed by atoms with Gasteiger partial charge in [-0.05, 0) is 103 Å². The van der Waals surface area contributed by atoms with E-state index in [0.717, 1.165) is 103 Å². The van der Waals surface area contributed by atoms with Crippen molar-refractivity contribution in [3.8, 4) is 0 Å². The van der Waals surface area contributed by atoms with E-state index in [4.69, 9.17) is 0 Å². The van der Waals surface area contributed by atoms with E-state index in [9.17, 15) is 15.0 Å². The average Bonchev–Trinajstić information content (AvgIpc) is 3.30. The molecule has 2 atom stereocenters. The van der Waals surface area contributed by atoms with E-state index in [0.29, 0.717) is 6.42 Å². The van der Waals surface area contributed by atoms with Crippen molar-refractivity contribution < 1.29 is 15.0 Å². The lowest BCUT2D eigenvalue weighted by molar-refractivity contribution is -0.123. The van der Waals surface area contributed by atoms with Crippen LogP contribution in [0.2, 0.25) is 0 Å². The molecule has 3 N–H and O–H groups in total. The lowest BCUT2D eigenvalue weighted by Crippen LogP contribution is -2.45. The molecule has 0 bridgehead atoms. The molecule has 0 heterocycles. The van der Waals surface area contributed by atoms with Gasteiger partial charge in [0, 0.05) is 6.42 Å². The predicted molar refractivity (Wildman–Crippen MR) is 285 cm³/mol. The molecular formula is C60H99NO3. The number of rotatable bonds is 46. The van der Waals surface area contributed by atoms with Crippen molar-refractivity contribution in [1.82, 2.24) is 5.32 Å². The molecule has 2 unspecified atom stereocenters. The van der Waals surface area contributed by atoms with Crippen LogP contribution in [0.15, 0.2) is 134 Å². The number of allylic oxidation sites excluding steroid dienone is 21. The van der Waals surface area contributed by atoms with Gasteiger partial charge in [0.1, 0.15) is 0 Å². The molecule has 0 aromatic rings. The van der Waals surface area contributed by atoms with Crippen LogP contribution in [0.4, 0.5) is 0 Å². The maximum absolute atomic E-state index is 12.4. The largest absolute Gasteiger partial charge is 0.394 e. The summed E-state index contributed by atoms with van der Waals surface area (Å²) in [5.74, 6) is -0.0909. The molecule has 362 valence electrons. The van der Waals surface area contributed by atoms with Crippen molar-refractivity contribution in [2.24, 2.45) is 0 Å². The van der Waals surface area contributed by atoms with Crippen LogP contribution >= 0.6 is 0 Å². The van der Waals surface area contributed by atoms with Gasteiger partial charge in [0.25, 0.3) is 0 Å². The fourth-order valence-electron chi connectivity index (χ4n) is 7.13. The van der Waals surface area contributed by atoms with Crippen LogP contribution < -0.4 is 5.32 Å². The fourth-order valence-corrected chi connectivity index (χ4v) is 7.13. The maximum Gasteiger partial charge on any atom is 0.220 e. The number of unbranched alkanes of at least 4 members (excludes halogenated alkanes) is 19. The summed E-state index contributed by atoms with van der Waals surface area (Å²) in [5.41, 5.74) is 0. The Bertz CT molecular complexity index is 1320. The summed E-state index contributed by atoms with van der Waals surface area (Å²) in [6.45, 7) is 4.17. The quantitative estimate of drug-likeness (QED) is 0.0421. The second-order valence-electron chi connectivity index (χ2n) is 17.2. The van der Waals surface area contributed by atoms with Gasteiger partial charge in [0.15, 0.2) is 0 Å². The Morgan fingerprint density at radius 3 is 1.09 bits per heavy atom. The molecule has 4 heteroatoms. The first kappa shape index (κ1) is 60.5. The van der Waals surface area contributed by atoms with E-state index in [1.165, 1.54) is 96.3 Å². The van der Waals surface area contributed by atoms with Crippen molar-refractivity contribution in [3.05, 3.63) is 134 Å². The van der Waals surface area contributed by atoms with E-state index in [1.807, 2.05) is 6.08 Å². The van der Waals surface area contributed by atoms with Crippen molar-refractivity contribution in [2.75, 3.05) is 6.61 Å². The summed E-state index contributed by atoms with van der Waals surface area (Å²) >= 11 is 0. The molecular weight excluding hydrogens is 783 g/mol. The number of aliphatic hydroxyl groups is 2. The Morgan fingerprint density at radius 1 is 0.391 bits per heavy atom. The van der Waals surface area contributed by atoms with Crippen molar-refractivity contribution >= 4 is 5.91 Å². The minimum absolute atomic E-state index is 0.0909. The van der Waals surface area contributed by atoms with E-state index in [2.05, 4.69) is 141 Å². The van der Waals surface area contributed by atoms with Gasteiger partial charge in [0.2, 0.25) is 5.91 Å². The monoisotopic (exact) mass is 882 g/mol. The zero-order chi connectivity index (χ0) is 46.3. The minimum atomic E-state index is -0.876. The molecule has 0 fully saturated rings. The van der Waals surface area contributed by atoms with E-state index in [-0.39, 0.29) is 12.5 Å². The predicted octanol–water partition coefficient (Wildman–Crippen LogP) is 17.5. The second kappa shape index (κ2) is 53.9. The van der Waals surface area contributed by atoms with Crippen LogP contribution in [0.25, 0.3) is 0 Å². The molecule has 0 rings (SSSR count). The first-order valence-corrected chi connectivity index (χ1v) is 26.4. The van der Waals surface area contributed by atoms with E-state index >= 15 is 0 Å². The number of hydrogen-bond donors (Lipinski definition) is 3. The molecule has 0 radical (unpaired) electrons. The van der Waals surface area contributed by atoms with Crippen LogP contribution in [0, 0.1) is 0 Å². The molecule has 0 aromatic heterocycles. The van der Waals surface area contributed by atoms with E-state index < -0.39 is 12.1 Å². The van der Waals surface area contributed by atoms with Gasteiger partial charge < -0.3 is 15.5 Å². The van der Waals surface area contributed by atoms with Crippen molar-refractivity contribution in [2.45, 2.75) is 231 Å². The van der Waals surface area contributed by atoms with Crippen molar-refractivity contribution in [3.63, 3.8) is 0 Å². The Balaban J connectivity index is 3.68. The summed E-state index contributed by atoms with van der Waals surface area (Å²) in [7, 11) is 0. The highest BCUT2D eigenvalue weighted by Gasteiger charge is 2.17. The van der Waals surface area contributed by atoms with Gasteiger partial charge in [0.05, 0.1) is 18.8 Å². The topological polar surface area (TPSA) is 69.6 Å². The van der Waals surface area contributed by atoms with Crippen molar-refractivity contribution in [1.29, 1.82) is 0 Å². The van der Waals surface area contributed by atoms with Gasteiger partial charge in [-0.2, -0.15) is 0 Å². The number of nitrogens with one attached hydrogen (secondary N) is 1. The number of amides is 1. The fraction of sp³-hybridized carbons (Fsp3) is 0.617.